The molecule has 244 valence electrons. The fourth-order valence-electron chi connectivity index (χ4n) is 6.01. The van der Waals surface area contributed by atoms with Gasteiger partial charge in [0.05, 0.1) is 16.3 Å². The maximum Gasteiger partial charge on any atom is 0.407 e. The second kappa shape index (κ2) is 14.9. The Bertz CT molecular complexity index is 1880. The molecule has 0 aliphatic heterocycles. The van der Waals surface area contributed by atoms with Gasteiger partial charge in [0, 0.05) is 18.9 Å². The molecule has 1 heterocycles. The smallest absolute Gasteiger partial charge is 0.407 e. The molecule has 1 aliphatic rings. The molecule has 0 radical (unpaired) electrons. The Morgan fingerprint density at radius 1 is 0.812 bits per heavy atom. The number of aliphatic imine (C=N–C) groups is 1. The number of Topliss-reactive ketones (excluding diaryl/α,β-unsaturated/α-hetero) is 1. The van der Waals surface area contributed by atoms with Crippen molar-refractivity contribution in [3.8, 4) is 11.1 Å². The minimum atomic E-state index is -1.02. The highest BCUT2D eigenvalue weighted by Crippen LogP contribution is 2.44. The van der Waals surface area contributed by atoms with E-state index in [4.69, 9.17) is 16.2 Å². The Morgan fingerprint density at radius 2 is 1.46 bits per heavy atom. The largest absolute Gasteiger partial charge is 0.449 e. The maximum absolute atomic E-state index is 13.9. The number of benzene rings is 4. The quantitative estimate of drug-likeness (QED) is 0.0586. The lowest BCUT2D eigenvalue weighted by Crippen LogP contribution is -2.52. The van der Waals surface area contributed by atoms with E-state index in [9.17, 15) is 14.4 Å². The van der Waals surface area contributed by atoms with Crippen LogP contribution in [-0.2, 0) is 16.0 Å². The lowest BCUT2D eigenvalue weighted by atomic mass is 9.98. The summed E-state index contributed by atoms with van der Waals surface area (Å²) in [5, 5.41) is 5.95. The number of para-hydroxylation sites is 1. The fraction of sp³-hybridized carbons (Fsp3) is 0.216. The number of nitrogens with one attached hydrogen (secondary N) is 2. The second-order valence-corrected chi connectivity index (χ2v) is 12.6. The Kier molecular flexibility index (Phi) is 10.1. The van der Waals surface area contributed by atoms with Crippen molar-refractivity contribution in [2.24, 2.45) is 16.5 Å². The first-order chi connectivity index (χ1) is 23.4. The Labute approximate surface area is 282 Å². The van der Waals surface area contributed by atoms with Crippen molar-refractivity contribution >= 4 is 45.3 Å². The summed E-state index contributed by atoms with van der Waals surface area (Å²) in [7, 11) is 0. The zero-order valence-electron chi connectivity index (χ0n) is 26.2. The van der Waals surface area contributed by atoms with Crippen molar-refractivity contribution in [3.63, 3.8) is 0 Å². The van der Waals surface area contributed by atoms with Crippen LogP contribution in [0.5, 0.6) is 0 Å². The molecule has 0 unspecified atom stereocenters. The van der Waals surface area contributed by atoms with Gasteiger partial charge >= 0.3 is 6.09 Å². The van der Waals surface area contributed by atoms with Crippen LogP contribution in [0.25, 0.3) is 21.3 Å². The van der Waals surface area contributed by atoms with E-state index in [-0.39, 0.29) is 48.7 Å². The van der Waals surface area contributed by atoms with Gasteiger partial charge in [-0.05, 0) is 52.8 Å². The molecule has 0 saturated heterocycles. The first-order valence-corrected chi connectivity index (χ1v) is 16.6. The topological polar surface area (TPSA) is 162 Å². The molecule has 4 aromatic carbocycles. The van der Waals surface area contributed by atoms with Crippen LogP contribution >= 0.6 is 11.3 Å². The van der Waals surface area contributed by atoms with E-state index in [2.05, 4.69) is 32.7 Å². The molecule has 0 bridgehead atoms. The normalized spacial score (nSPS) is 13.2. The number of rotatable bonds is 13. The number of ketones is 1. The van der Waals surface area contributed by atoms with Gasteiger partial charge < -0.3 is 26.8 Å². The van der Waals surface area contributed by atoms with Crippen LogP contribution in [0.4, 0.5) is 4.79 Å². The number of aromatic nitrogens is 1. The van der Waals surface area contributed by atoms with Crippen molar-refractivity contribution in [3.05, 3.63) is 125 Å². The average Bonchev–Trinajstić information content (AvgIpc) is 3.68. The van der Waals surface area contributed by atoms with Crippen LogP contribution in [0.3, 0.4) is 0 Å². The predicted octanol–water partition coefficient (Wildman–Crippen LogP) is 5.17. The first-order valence-electron chi connectivity index (χ1n) is 15.8. The van der Waals surface area contributed by atoms with Crippen molar-refractivity contribution < 1.29 is 19.1 Å². The molecule has 10 nitrogen and oxygen atoms in total. The molecule has 5 aromatic rings. The fourth-order valence-corrected chi connectivity index (χ4v) is 6.97. The van der Waals surface area contributed by atoms with Crippen LogP contribution in [0.2, 0.25) is 0 Å². The van der Waals surface area contributed by atoms with Crippen LogP contribution in [0.1, 0.15) is 45.3 Å². The minimum Gasteiger partial charge on any atom is -0.449 e. The third kappa shape index (κ3) is 7.53. The van der Waals surface area contributed by atoms with E-state index in [0.717, 1.165) is 32.5 Å². The van der Waals surface area contributed by atoms with Crippen molar-refractivity contribution in [1.82, 2.24) is 15.6 Å². The molecule has 2 atom stereocenters. The minimum absolute atomic E-state index is 0.0525. The standard InChI is InChI=1S/C37H36N6O4S/c38-36(39)40-20-10-18-30(33(44)35-42-29-17-8-9-19-32(29)48-35)41-34(45)31(21-23-11-2-1-3-12-23)43-37(46)47-22-28-26-15-6-4-13-24(26)25-14-5-7-16-27(25)28/h1-9,11-17,19,28,30-31H,10,18,20-22H2,(H,41,45)(H,43,46)(H4,38,39,40)/t30-,31-/m0/s1. The van der Waals surface area contributed by atoms with Gasteiger partial charge in [-0.3, -0.25) is 14.6 Å². The third-order valence-corrected chi connectivity index (χ3v) is 9.37. The summed E-state index contributed by atoms with van der Waals surface area (Å²) in [5.74, 6) is -1.03. The molecule has 2 amide bonds. The number of carbonyl (C=O) groups is 3. The van der Waals surface area contributed by atoms with Gasteiger partial charge in [0.2, 0.25) is 11.7 Å². The number of carbonyl (C=O) groups excluding carboxylic acids is 3. The number of ether oxygens (including phenoxy) is 1. The average molecular weight is 661 g/mol. The van der Waals surface area contributed by atoms with E-state index in [1.54, 1.807) is 0 Å². The number of nitrogens with zero attached hydrogens (tertiary/aromatic N) is 2. The summed E-state index contributed by atoms with van der Waals surface area (Å²) in [5.41, 5.74) is 16.9. The van der Waals surface area contributed by atoms with E-state index in [1.807, 2.05) is 91.0 Å². The SMILES string of the molecule is NC(N)=NCCC[C@H](NC(=O)[C@H](Cc1ccccc1)NC(=O)OCC1c2ccccc2-c2ccccc21)C(=O)c1nc2ccccc2s1. The number of alkyl carbamates (subject to hydrolysis) is 1. The zero-order valence-corrected chi connectivity index (χ0v) is 27.0. The predicted molar refractivity (Wildman–Crippen MR) is 188 cm³/mol. The van der Waals surface area contributed by atoms with Gasteiger partial charge in [-0.2, -0.15) is 0 Å². The van der Waals surface area contributed by atoms with Gasteiger partial charge in [0.1, 0.15) is 12.6 Å². The van der Waals surface area contributed by atoms with Gasteiger partial charge in [0.15, 0.2) is 11.0 Å². The molecule has 0 spiro atoms. The van der Waals surface area contributed by atoms with Gasteiger partial charge in [-0.25, -0.2) is 9.78 Å². The number of hydrogen-bond acceptors (Lipinski definition) is 7. The number of hydrogen-bond donors (Lipinski definition) is 4. The van der Waals surface area contributed by atoms with E-state index < -0.39 is 24.1 Å². The molecule has 6 N–H and O–H groups in total. The summed E-state index contributed by atoms with van der Waals surface area (Å²) in [6.45, 7) is 0.385. The van der Waals surface area contributed by atoms with Crippen molar-refractivity contribution in [1.29, 1.82) is 0 Å². The summed E-state index contributed by atoms with van der Waals surface area (Å²) in [6.07, 6.45) is 0.158. The molecule has 0 saturated carbocycles. The van der Waals surface area contributed by atoms with E-state index in [0.29, 0.717) is 11.9 Å². The Morgan fingerprint density at radius 3 is 2.15 bits per heavy atom. The van der Waals surface area contributed by atoms with Gasteiger partial charge in [0.25, 0.3) is 0 Å². The highest BCUT2D eigenvalue weighted by molar-refractivity contribution is 7.20. The first kappa shape index (κ1) is 32.4. The van der Waals surface area contributed by atoms with Gasteiger partial charge in [-0.15, -0.1) is 11.3 Å². The molecule has 0 fully saturated rings. The third-order valence-electron chi connectivity index (χ3n) is 8.32. The summed E-state index contributed by atoms with van der Waals surface area (Å²) in [6, 6.07) is 31.0. The molecule has 6 rings (SSSR count). The van der Waals surface area contributed by atoms with Gasteiger partial charge in [-0.1, -0.05) is 91.0 Å². The lowest BCUT2D eigenvalue weighted by molar-refractivity contribution is -0.123. The van der Waals surface area contributed by atoms with Crippen molar-refractivity contribution in [2.45, 2.75) is 37.3 Å². The monoisotopic (exact) mass is 660 g/mol. The maximum atomic E-state index is 13.9. The van der Waals surface area contributed by atoms with Crippen LogP contribution in [0, 0.1) is 0 Å². The van der Waals surface area contributed by atoms with E-state index >= 15 is 0 Å². The molecular weight excluding hydrogens is 625 g/mol. The highest BCUT2D eigenvalue weighted by Gasteiger charge is 2.32. The lowest BCUT2D eigenvalue weighted by Gasteiger charge is -2.23. The highest BCUT2D eigenvalue weighted by atomic mass is 32.1. The molecule has 1 aliphatic carbocycles. The zero-order chi connectivity index (χ0) is 33.5. The number of amides is 2. The summed E-state index contributed by atoms with van der Waals surface area (Å²) < 4.78 is 6.64. The van der Waals surface area contributed by atoms with Crippen LogP contribution < -0.4 is 22.1 Å². The summed E-state index contributed by atoms with van der Waals surface area (Å²) >= 11 is 1.27. The number of nitrogens with two attached hydrogens (primary N) is 2. The Balaban J connectivity index is 1.19. The van der Waals surface area contributed by atoms with Crippen molar-refractivity contribution in [2.75, 3.05) is 13.2 Å². The van der Waals surface area contributed by atoms with E-state index in [1.165, 1.54) is 11.3 Å². The van der Waals surface area contributed by atoms with Crippen LogP contribution in [-0.4, -0.2) is 54.0 Å². The Hall–Kier alpha value is -5.55. The van der Waals surface area contributed by atoms with Crippen LogP contribution in [0.15, 0.2) is 108 Å². The number of fused-ring (bicyclic) bond motifs is 4. The second-order valence-electron chi connectivity index (χ2n) is 11.6. The molecule has 11 heteroatoms. The molecular formula is C37H36N6O4S. The molecule has 1 aromatic heterocycles. The molecule has 48 heavy (non-hydrogen) atoms. The number of thiazole rings is 1. The summed E-state index contributed by atoms with van der Waals surface area (Å²) in [4.78, 5) is 49.5. The number of guanidine groups is 1.